The second-order valence-electron chi connectivity index (χ2n) is 6.82. The van der Waals surface area contributed by atoms with E-state index in [2.05, 4.69) is 15.3 Å². The topological polar surface area (TPSA) is 117 Å². The van der Waals surface area contributed by atoms with E-state index in [9.17, 15) is 13.2 Å². The quantitative estimate of drug-likeness (QED) is 0.742. The molecule has 9 nitrogen and oxygen atoms in total. The monoisotopic (exact) mass is 421 g/mol. The van der Waals surface area contributed by atoms with Gasteiger partial charge in [0, 0.05) is 25.1 Å². The maximum absolute atomic E-state index is 12.9. The van der Waals surface area contributed by atoms with E-state index in [4.69, 9.17) is 14.2 Å². The number of hydrogen-bond donors (Lipinski definition) is 1. The van der Waals surface area contributed by atoms with Gasteiger partial charge in [-0.3, -0.25) is 4.79 Å². The van der Waals surface area contributed by atoms with Crippen LogP contribution in [-0.2, 0) is 20.1 Å². The fraction of sp³-hybridized carbons (Fsp3) is 0.421. The first-order valence-electron chi connectivity index (χ1n) is 8.89. The summed E-state index contributed by atoms with van der Waals surface area (Å²) in [4.78, 5) is 20.6. The minimum absolute atomic E-state index is 0.0563. The predicted molar refractivity (Wildman–Crippen MR) is 105 cm³/mol. The largest absolute Gasteiger partial charge is 0.493 e. The Bertz CT molecular complexity index is 983. The molecular formula is C19H23N3O6S. The van der Waals surface area contributed by atoms with E-state index in [-0.39, 0.29) is 18.6 Å². The average molecular weight is 421 g/mol. The van der Waals surface area contributed by atoms with Crippen LogP contribution in [0.5, 0.6) is 11.5 Å². The molecule has 156 valence electrons. The zero-order valence-corrected chi connectivity index (χ0v) is 17.2. The molecule has 1 aromatic carbocycles. The number of methoxy groups -OCH3 is 2. The van der Waals surface area contributed by atoms with Crippen molar-refractivity contribution in [2.75, 3.05) is 27.1 Å². The maximum Gasteiger partial charge on any atom is 0.255 e. The minimum atomic E-state index is -3.49. The lowest BCUT2D eigenvalue weighted by Gasteiger charge is -2.41. The molecule has 29 heavy (non-hydrogen) atoms. The highest BCUT2D eigenvalue weighted by atomic mass is 32.2. The average Bonchev–Trinajstić information content (AvgIpc) is 2.73. The third-order valence-corrected chi connectivity index (χ3v) is 6.19. The molecule has 1 aliphatic heterocycles. The summed E-state index contributed by atoms with van der Waals surface area (Å²) in [7, 11) is -0.450. The summed E-state index contributed by atoms with van der Waals surface area (Å²) in [5.41, 5.74) is -1.07. The number of nitrogens with zero attached hydrogens (tertiary/aromatic N) is 2. The van der Waals surface area contributed by atoms with Crippen molar-refractivity contribution in [1.82, 2.24) is 15.3 Å². The van der Waals surface area contributed by atoms with Gasteiger partial charge < -0.3 is 19.5 Å². The van der Waals surface area contributed by atoms with Crippen LogP contribution in [0.1, 0.15) is 28.8 Å². The Labute approximate surface area is 169 Å². The highest BCUT2D eigenvalue weighted by molar-refractivity contribution is 7.91. The SMILES string of the molecule is COc1ccc(C2(NC(=O)c3cncnc3)CCOC(S(C)(=O)=O)C2)cc1OC. The molecule has 1 fully saturated rings. The van der Waals surface area contributed by atoms with Crippen molar-refractivity contribution in [2.45, 2.75) is 23.8 Å². The van der Waals surface area contributed by atoms with Gasteiger partial charge in [0.1, 0.15) is 6.33 Å². The summed E-state index contributed by atoms with van der Waals surface area (Å²) in [6.07, 6.45) is 5.69. The van der Waals surface area contributed by atoms with Gasteiger partial charge >= 0.3 is 0 Å². The van der Waals surface area contributed by atoms with E-state index < -0.39 is 26.7 Å². The van der Waals surface area contributed by atoms with E-state index in [0.717, 1.165) is 6.26 Å². The molecule has 1 aliphatic rings. The van der Waals surface area contributed by atoms with Crippen molar-refractivity contribution < 1.29 is 27.4 Å². The third-order valence-electron chi connectivity index (χ3n) is 4.94. The fourth-order valence-corrected chi connectivity index (χ4v) is 4.30. The fourth-order valence-electron chi connectivity index (χ4n) is 3.37. The first-order chi connectivity index (χ1) is 13.8. The Morgan fingerprint density at radius 2 is 1.90 bits per heavy atom. The van der Waals surface area contributed by atoms with Crippen molar-refractivity contribution in [3.05, 3.63) is 48.0 Å². The number of benzene rings is 1. The van der Waals surface area contributed by atoms with Gasteiger partial charge in [0.2, 0.25) is 0 Å². The van der Waals surface area contributed by atoms with Crippen LogP contribution in [0.2, 0.25) is 0 Å². The Balaban J connectivity index is 2.05. The molecular weight excluding hydrogens is 398 g/mol. The van der Waals surface area contributed by atoms with Crippen LogP contribution in [0, 0.1) is 0 Å². The standard InChI is InChI=1S/C19H23N3O6S/c1-26-15-5-4-14(8-16(15)27-2)19(6-7-28-17(9-19)29(3,24)25)22-18(23)13-10-20-12-21-11-13/h4-5,8,10-12,17H,6-7,9H2,1-3H3,(H,22,23). The zero-order valence-electron chi connectivity index (χ0n) is 16.4. The van der Waals surface area contributed by atoms with Crippen LogP contribution in [0.25, 0.3) is 0 Å². The van der Waals surface area contributed by atoms with E-state index in [0.29, 0.717) is 23.5 Å². The molecule has 0 aliphatic carbocycles. The molecule has 2 unspecified atom stereocenters. The molecule has 0 bridgehead atoms. The van der Waals surface area contributed by atoms with Crippen molar-refractivity contribution in [2.24, 2.45) is 0 Å². The second-order valence-corrected chi connectivity index (χ2v) is 9.00. The summed E-state index contributed by atoms with van der Waals surface area (Å²) in [5.74, 6) is 0.597. The summed E-state index contributed by atoms with van der Waals surface area (Å²) < 4.78 is 40.5. The van der Waals surface area contributed by atoms with Crippen LogP contribution in [-0.4, -0.2) is 56.8 Å². The van der Waals surface area contributed by atoms with Crippen LogP contribution >= 0.6 is 0 Å². The van der Waals surface area contributed by atoms with E-state index >= 15 is 0 Å². The lowest BCUT2D eigenvalue weighted by molar-refractivity contribution is 0.0120. The highest BCUT2D eigenvalue weighted by Gasteiger charge is 2.43. The first kappa shape index (κ1) is 21.0. The molecule has 1 aromatic heterocycles. The van der Waals surface area contributed by atoms with Crippen LogP contribution in [0.3, 0.4) is 0 Å². The number of rotatable bonds is 6. The Kier molecular flexibility index (Phi) is 6.04. The van der Waals surface area contributed by atoms with Gasteiger partial charge in [-0.15, -0.1) is 0 Å². The van der Waals surface area contributed by atoms with E-state index in [1.165, 1.54) is 32.9 Å². The zero-order chi connectivity index (χ0) is 21.1. The number of hydrogen-bond acceptors (Lipinski definition) is 8. The lowest BCUT2D eigenvalue weighted by atomic mass is 9.82. The highest BCUT2D eigenvalue weighted by Crippen LogP contribution is 2.40. The van der Waals surface area contributed by atoms with Gasteiger partial charge in [-0.2, -0.15) is 0 Å². The van der Waals surface area contributed by atoms with Gasteiger partial charge in [-0.05, 0) is 24.1 Å². The number of sulfone groups is 1. The van der Waals surface area contributed by atoms with Crippen molar-refractivity contribution in [1.29, 1.82) is 0 Å². The van der Waals surface area contributed by atoms with Crippen LogP contribution in [0.4, 0.5) is 0 Å². The van der Waals surface area contributed by atoms with Crippen LogP contribution in [0.15, 0.2) is 36.9 Å². The molecule has 2 atom stereocenters. The molecule has 0 radical (unpaired) electrons. The number of ether oxygens (including phenoxy) is 3. The molecule has 2 heterocycles. The molecule has 10 heteroatoms. The molecule has 0 saturated carbocycles. The van der Waals surface area contributed by atoms with E-state index in [1.807, 2.05) is 0 Å². The molecule has 1 saturated heterocycles. The Morgan fingerprint density at radius 1 is 1.21 bits per heavy atom. The van der Waals surface area contributed by atoms with Crippen molar-refractivity contribution >= 4 is 15.7 Å². The minimum Gasteiger partial charge on any atom is -0.493 e. The van der Waals surface area contributed by atoms with Crippen molar-refractivity contribution in [3.63, 3.8) is 0 Å². The summed E-state index contributed by atoms with van der Waals surface area (Å²) in [6, 6.07) is 5.25. The van der Waals surface area contributed by atoms with Gasteiger partial charge in [-0.25, -0.2) is 18.4 Å². The summed E-state index contributed by atoms with van der Waals surface area (Å²) >= 11 is 0. The van der Waals surface area contributed by atoms with Gasteiger partial charge in [0.05, 0.1) is 31.9 Å². The first-order valence-corrected chi connectivity index (χ1v) is 10.8. The van der Waals surface area contributed by atoms with Gasteiger partial charge in [0.25, 0.3) is 5.91 Å². The lowest BCUT2D eigenvalue weighted by Crippen LogP contribution is -2.53. The summed E-state index contributed by atoms with van der Waals surface area (Å²) in [6.45, 7) is 0.164. The number of carbonyl (C=O) groups is 1. The normalized spacial score (nSPS) is 22.0. The Hall–Kier alpha value is -2.72. The molecule has 2 aromatic rings. The van der Waals surface area contributed by atoms with Gasteiger partial charge in [0.15, 0.2) is 26.8 Å². The number of aromatic nitrogens is 2. The Morgan fingerprint density at radius 3 is 2.52 bits per heavy atom. The van der Waals surface area contributed by atoms with Crippen molar-refractivity contribution in [3.8, 4) is 11.5 Å². The van der Waals surface area contributed by atoms with Gasteiger partial charge in [-0.1, -0.05) is 6.07 Å². The molecule has 3 rings (SSSR count). The smallest absolute Gasteiger partial charge is 0.255 e. The molecule has 1 N–H and O–H groups in total. The molecule has 0 spiro atoms. The number of nitrogens with one attached hydrogen (secondary N) is 1. The van der Waals surface area contributed by atoms with Crippen LogP contribution < -0.4 is 14.8 Å². The molecule has 1 amide bonds. The third kappa shape index (κ3) is 4.48. The van der Waals surface area contributed by atoms with E-state index in [1.54, 1.807) is 18.2 Å². The number of amides is 1. The predicted octanol–water partition coefficient (Wildman–Crippen LogP) is 1.30. The second kappa shape index (κ2) is 8.34. The number of carbonyl (C=O) groups excluding carboxylic acids is 1. The summed E-state index contributed by atoms with van der Waals surface area (Å²) in [5, 5.41) is 3.00. The maximum atomic E-state index is 12.9.